The Bertz CT molecular complexity index is 706. The van der Waals surface area contributed by atoms with Crippen molar-refractivity contribution >= 4 is 23.0 Å². The van der Waals surface area contributed by atoms with Gasteiger partial charge in [-0.15, -0.1) is 0 Å². The van der Waals surface area contributed by atoms with Crippen LogP contribution in [0.15, 0.2) is 42.5 Å². The van der Waals surface area contributed by atoms with Gasteiger partial charge in [0.1, 0.15) is 18.2 Å². The summed E-state index contributed by atoms with van der Waals surface area (Å²) in [6.07, 6.45) is 0. The normalized spacial score (nSPS) is 13.2. The molecule has 1 heterocycles. The van der Waals surface area contributed by atoms with E-state index in [1.807, 2.05) is 11.0 Å². The third kappa shape index (κ3) is 2.95. The van der Waals surface area contributed by atoms with Crippen LogP contribution < -0.4 is 20.7 Å². The molecule has 2 aromatic carbocycles. The van der Waals surface area contributed by atoms with Crippen molar-refractivity contribution in [3.05, 3.63) is 48.3 Å². The minimum absolute atomic E-state index is 0.120. The molecule has 1 amide bonds. The first kappa shape index (κ1) is 14.2. The van der Waals surface area contributed by atoms with Crippen LogP contribution >= 0.6 is 0 Å². The standard InChI is InChI=1S/C16H16FN3O2/c17-12-3-1-2-4-13(12)19-16(21)10-20-7-8-22-15-9-11(18)5-6-14(15)20/h1-6,9H,7-8,10,18H2,(H,19,21). The van der Waals surface area contributed by atoms with Gasteiger partial charge in [0.25, 0.3) is 0 Å². The van der Waals surface area contributed by atoms with Crippen LogP contribution in [-0.4, -0.2) is 25.6 Å². The minimum atomic E-state index is -0.453. The Morgan fingerprint density at radius 3 is 2.95 bits per heavy atom. The summed E-state index contributed by atoms with van der Waals surface area (Å²) in [5, 5.41) is 2.58. The highest BCUT2D eigenvalue weighted by atomic mass is 19.1. The zero-order valence-corrected chi connectivity index (χ0v) is 11.9. The van der Waals surface area contributed by atoms with Crippen LogP contribution in [0.3, 0.4) is 0 Å². The average Bonchev–Trinajstić information content (AvgIpc) is 2.49. The van der Waals surface area contributed by atoms with Gasteiger partial charge in [-0.2, -0.15) is 0 Å². The molecule has 1 aliphatic rings. The average molecular weight is 301 g/mol. The summed E-state index contributed by atoms with van der Waals surface area (Å²) in [5.74, 6) is -0.0780. The first-order valence-electron chi connectivity index (χ1n) is 6.95. The molecule has 0 atom stereocenters. The maximum atomic E-state index is 13.5. The van der Waals surface area contributed by atoms with Gasteiger partial charge in [-0.3, -0.25) is 4.79 Å². The van der Waals surface area contributed by atoms with Gasteiger partial charge in [-0.1, -0.05) is 12.1 Å². The van der Waals surface area contributed by atoms with Crippen molar-refractivity contribution in [2.24, 2.45) is 0 Å². The molecule has 0 saturated heterocycles. The van der Waals surface area contributed by atoms with Crippen LogP contribution in [0.2, 0.25) is 0 Å². The molecule has 0 spiro atoms. The van der Waals surface area contributed by atoms with Gasteiger partial charge >= 0.3 is 0 Å². The van der Waals surface area contributed by atoms with Crippen LogP contribution in [0, 0.1) is 5.82 Å². The second kappa shape index (κ2) is 5.93. The van der Waals surface area contributed by atoms with Crippen molar-refractivity contribution in [2.45, 2.75) is 0 Å². The maximum Gasteiger partial charge on any atom is 0.243 e. The molecule has 22 heavy (non-hydrogen) atoms. The Morgan fingerprint density at radius 1 is 1.32 bits per heavy atom. The Labute approximate surface area is 127 Å². The number of carbonyl (C=O) groups is 1. The number of nitrogens with one attached hydrogen (secondary N) is 1. The van der Waals surface area contributed by atoms with Crippen LogP contribution in [0.25, 0.3) is 0 Å². The number of benzene rings is 2. The number of halogens is 1. The Morgan fingerprint density at radius 2 is 2.14 bits per heavy atom. The lowest BCUT2D eigenvalue weighted by atomic mass is 10.2. The molecule has 6 heteroatoms. The van der Waals surface area contributed by atoms with Gasteiger partial charge in [0.05, 0.1) is 24.5 Å². The summed E-state index contributed by atoms with van der Waals surface area (Å²) in [6.45, 7) is 1.18. The molecule has 0 fully saturated rings. The van der Waals surface area contributed by atoms with E-state index >= 15 is 0 Å². The summed E-state index contributed by atoms with van der Waals surface area (Å²) in [5.41, 5.74) is 7.32. The first-order valence-corrected chi connectivity index (χ1v) is 6.95. The molecule has 0 aromatic heterocycles. The lowest BCUT2D eigenvalue weighted by Crippen LogP contribution is -2.38. The summed E-state index contributed by atoms with van der Waals surface area (Å²) in [4.78, 5) is 14.0. The van der Waals surface area contributed by atoms with Crippen molar-refractivity contribution in [3.63, 3.8) is 0 Å². The predicted octanol–water partition coefficient (Wildman–Crippen LogP) is 2.25. The molecule has 0 unspecified atom stereocenters. The van der Waals surface area contributed by atoms with Crippen LogP contribution in [0.1, 0.15) is 0 Å². The van der Waals surface area contributed by atoms with Crippen LogP contribution in [-0.2, 0) is 4.79 Å². The maximum absolute atomic E-state index is 13.5. The fraction of sp³-hybridized carbons (Fsp3) is 0.188. The van der Waals surface area contributed by atoms with Crippen molar-refractivity contribution in [1.82, 2.24) is 0 Å². The zero-order chi connectivity index (χ0) is 15.5. The van der Waals surface area contributed by atoms with E-state index in [4.69, 9.17) is 10.5 Å². The van der Waals surface area contributed by atoms with E-state index in [0.717, 1.165) is 5.69 Å². The quantitative estimate of drug-likeness (QED) is 0.853. The number of hydrogen-bond donors (Lipinski definition) is 2. The number of fused-ring (bicyclic) bond motifs is 1. The van der Waals surface area contributed by atoms with E-state index in [-0.39, 0.29) is 18.1 Å². The Hall–Kier alpha value is -2.76. The fourth-order valence-corrected chi connectivity index (χ4v) is 2.38. The zero-order valence-electron chi connectivity index (χ0n) is 11.9. The van der Waals surface area contributed by atoms with Gasteiger partial charge in [-0.05, 0) is 24.3 Å². The number of para-hydroxylation sites is 1. The molecule has 0 bridgehead atoms. The molecule has 3 rings (SSSR count). The van der Waals surface area contributed by atoms with E-state index in [1.54, 1.807) is 24.3 Å². The van der Waals surface area contributed by atoms with Crippen LogP contribution in [0.5, 0.6) is 5.75 Å². The molecule has 114 valence electrons. The van der Waals surface area contributed by atoms with E-state index in [9.17, 15) is 9.18 Å². The molecular weight excluding hydrogens is 285 g/mol. The fourth-order valence-electron chi connectivity index (χ4n) is 2.38. The first-order chi connectivity index (χ1) is 10.6. The Balaban J connectivity index is 1.72. The number of rotatable bonds is 3. The highest BCUT2D eigenvalue weighted by Gasteiger charge is 2.20. The van der Waals surface area contributed by atoms with Crippen molar-refractivity contribution in [1.29, 1.82) is 0 Å². The number of ether oxygens (including phenoxy) is 1. The van der Waals surface area contributed by atoms with E-state index in [2.05, 4.69) is 5.32 Å². The number of hydrogen-bond acceptors (Lipinski definition) is 4. The molecule has 5 nitrogen and oxygen atoms in total. The van der Waals surface area contributed by atoms with E-state index in [1.165, 1.54) is 12.1 Å². The van der Waals surface area contributed by atoms with E-state index in [0.29, 0.717) is 24.6 Å². The molecule has 0 aliphatic carbocycles. The molecule has 2 aromatic rings. The van der Waals surface area contributed by atoms with E-state index < -0.39 is 5.82 Å². The number of nitrogens with zero attached hydrogens (tertiary/aromatic N) is 1. The number of amides is 1. The third-order valence-electron chi connectivity index (χ3n) is 3.43. The van der Waals surface area contributed by atoms with Gasteiger partial charge in [0.2, 0.25) is 5.91 Å². The molecule has 3 N–H and O–H groups in total. The summed E-state index contributed by atoms with van der Waals surface area (Å²) in [6, 6.07) is 11.4. The molecule has 0 saturated carbocycles. The summed E-state index contributed by atoms with van der Waals surface area (Å²) < 4.78 is 19.1. The molecule has 0 radical (unpaired) electrons. The number of nitrogen functional groups attached to an aromatic ring is 1. The lowest BCUT2D eigenvalue weighted by molar-refractivity contribution is -0.115. The topological polar surface area (TPSA) is 67.6 Å². The second-order valence-electron chi connectivity index (χ2n) is 5.03. The highest BCUT2D eigenvalue weighted by Crippen LogP contribution is 2.33. The monoisotopic (exact) mass is 301 g/mol. The SMILES string of the molecule is Nc1ccc2c(c1)OCCN2CC(=O)Nc1ccccc1F. The van der Waals surface area contributed by atoms with Gasteiger partial charge in [-0.25, -0.2) is 4.39 Å². The number of carbonyl (C=O) groups excluding carboxylic acids is 1. The molecular formula is C16H16FN3O2. The molecule has 1 aliphatic heterocycles. The summed E-state index contributed by atoms with van der Waals surface area (Å²) >= 11 is 0. The highest BCUT2D eigenvalue weighted by molar-refractivity contribution is 5.94. The van der Waals surface area contributed by atoms with Gasteiger partial charge in [0, 0.05) is 11.8 Å². The number of nitrogens with two attached hydrogens (primary N) is 1. The van der Waals surface area contributed by atoms with Crippen molar-refractivity contribution < 1.29 is 13.9 Å². The van der Waals surface area contributed by atoms with Gasteiger partial charge in [0.15, 0.2) is 0 Å². The Kier molecular flexibility index (Phi) is 3.82. The van der Waals surface area contributed by atoms with Crippen molar-refractivity contribution in [3.8, 4) is 5.75 Å². The smallest absolute Gasteiger partial charge is 0.243 e. The second-order valence-corrected chi connectivity index (χ2v) is 5.03. The largest absolute Gasteiger partial charge is 0.489 e. The third-order valence-corrected chi connectivity index (χ3v) is 3.43. The lowest BCUT2D eigenvalue weighted by Gasteiger charge is -2.30. The predicted molar refractivity (Wildman–Crippen MR) is 83.6 cm³/mol. The van der Waals surface area contributed by atoms with Crippen LogP contribution in [0.4, 0.5) is 21.5 Å². The number of anilines is 3. The summed E-state index contributed by atoms with van der Waals surface area (Å²) in [7, 11) is 0. The van der Waals surface area contributed by atoms with Crippen molar-refractivity contribution in [2.75, 3.05) is 35.6 Å². The van der Waals surface area contributed by atoms with Gasteiger partial charge < -0.3 is 20.7 Å². The minimum Gasteiger partial charge on any atom is -0.489 e.